The zero-order chi connectivity index (χ0) is 16.2. The van der Waals surface area contributed by atoms with E-state index in [1.165, 1.54) is 25.5 Å². The highest BCUT2D eigenvalue weighted by molar-refractivity contribution is 5.77. The second kappa shape index (κ2) is 10.8. The maximum absolute atomic E-state index is 12.1. The number of pyridine rings is 1. The third-order valence-corrected chi connectivity index (χ3v) is 2.92. The Morgan fingerprint density at radius 1 is 1.41 bits per heavy atom. The normalized spacial score (nSPS) is 11.7. The molecule has 0 fully saturated rings. The molecule has 3 N–H and O–H groups in total. The summed E-state index contributed by atoms with van der Waals surface area (Å²) in [6.45, 7) is 2.65. The number of nitrogens with one attached hydrogen (secondary N) is 1. The van der Waals surface area contributed by atoms with Gasteiger partial charge in [0.05, 0.1) is 6.54 Å². The van der Waals surface area contributed by atoms with Crippen molar-refractivity contribution in [3.63, 3.8) is 0 Å². The van der Waals surface area contributed by atoms with Gasteiger partial charge in [-0.05, 0) is 18.1 Å². The minimum atomic E-state index is -2.52. The molecule has 5 nitrogen and oxygen atoms in total. The van der Waals surface area contributed by atoms with Crippen molar-refractivity contribution in [3.8, 4) is 5.88 Å². The van der Waals surface area contributed by atoms with Gasteiger partial charge in [0, 0.05) is 18.8 Å². The van der Waals surface area contributed by atoms with Crippen LogP contribution in [0.25, 0.3) is 0 Å². The fourth-order valence-electron chi connectivity index (χ4n) is 1.78. The first-order valence-electron chi connectivity index (χ1n) is 7.51. The van der Waals surface area contributed by atoms with Crippen LogP contribution in [0, 0.1) is 0 Å². The molecule has 0 saturated heterocycles. The SMILES string of the molecule is CCCCCCNC(N)=NCc1ccnc(OCC(F)F)c1. The van der Waals surface area contributed by atoms with Gasteiger partial charge in [-0.25, -0.2) is 18.8 Å². The topological polar surface area (TPSA) is 72.5 Å². The number of aromatic nitrogens is 1. The number of nitrogens with zero attached hydrogens (tertiary/aromatic N) is 2. The average molecular weight is 314 g/mol. The van der Waals surface area contributed by atoms with Gasteiger partial charge in [-0.15, -0.1) is 0 Å². The van der Waals surface area contributed by atoms with Gasteiger partial charge in [-0.1, -0.05) is 26.2 Å². The number of nitrogens with two attached hydrogens (primary N) is 1. The second-order valence-electron chi connectivity index (χ2n) is 4.89. The predicted molar refractivity (Wildman–Crippen MR) is 83.2 cm³/mol. The van der Waals surface area contributed by atoms with Crippen LogP contribution < -0.4 is 15.8 Å². The van der Waals surface area contributed by atoms with Gasteiger partial charge >= 0.3 is 0 Å². The number of halogens is 2. The Balaban J connectivity index is 2.35. The van der Waals surface area contributed by atoms with Crippen LogP contribution in [-0.4, -0.2) is 30.5 Å². The van der Waals surface area contributed by atoms with Crippen molar-refractivity contribution in [1.29, 1.82) is 0 Å². The van der Waals surface area contributed by atoms with Gasteiger partial charge in [0.15, 0.2) is 12.6 Å². The molecule has 22 heavy (non-hydrogen) atoms. The third kappa shape index (κ3) is 8.39. The first kappa shape index (κ1) is 18.1. The number of hydrogen-bond donors (Lipinski definition) is 2. The van der Waals surface area contributed by atoms with Crippen molar-refractivity contribution in [2.24, 2.45) is 10.7 Å². The maximum atomic E-state index is 12.1. The van der Waals surface area contributed by atoms with Gasteiger partial charge in [0.25, 0.3) is 6.43 Å². The fourth-order valence-corrected chi connectivity index (χ4v) is 1.78. The van der Waals surface area contributed by atoms with Gasteiger partial charge in [0.1, 0.15) is 0 Å². The van der Waals surface area contributed by atoms with Gasteiger partial charge < -0.3 is 15.8 Å². The molecular formula is C15H24F2N4O. The lowest BCUT2D eigenvalue weighted by Crippen LogP contribution is -2.32. The number of alkyl halides is 2. The molecule has 0 bridgehead atoms. The zero-order valence-electron chi connectivity index (χ0n) is 12.9. The molecule has 0 radical (unpaired) electrons. The standard InChI is InChI=1S/C15H24F2N4O/c1-2-3-4-5-7-20-15(18)21-10-12-6-8-19-14(9-12)22-11-13(16)17/h6,8-9,13H,2-5,7,10-11H2,1H3,(H3,18,20,21). The van der Waals surface area contributed by atoms with Crippen LogP contribution in [0.2, 0.25) is 0 Å². The van der Waals surface area contributed by atoms with Crippen LogP contribution in [-0.2, 0) is 6.54 Å². The lowest BCUT2D eigenvalue weighted by atomic mass is 10.2. The molecule has 1 heterocycles. The van der Waals surface area contributed by atoms with Crippen molar-refractivity contribution >= 4 is 5.96 Å². The van der Waals surface area contributed by atoms with Crippen LogP contribution in [0.4, 0.5) is 8.78 Å². The van der Waals surface area contributed by atoms with E-state index < -0.39 is 13.0 Å². The second-order valence-corrected chi connectivity index (χ2v) is 4.89. The highest BCUT2D eigenvalue weighted by Gasteiger charge is 2.05. The molecular weight excluding hydrogens is 290 g/mol. The lowest BCUT2D eigenvalue weighted by Gasteiger charge is -2.07. The third-order valence-electron chi connectivity index (χ3n) is 2.92. The van der Waals surface area contributed by atoms with E-state index in [2.05, 4.69) is 22.2 Å². The number of guanidine groups is 1. The van der Waals surface area contributed by atoms with E-state index in [1.54, 1.807) is 12.1 Å². The zero-order valence-corrected chi connectivity index (χ0v) is 12.9. The molecule has 1 aromatic heterocycles. The molecule has 0 saturated carbocycles. The van der Waals surface area contributed by atoms with Crippen molar-refractivity contribution in [1.82, 2.24) is 10.3 Å². The number of hydrogen-bond acceptors (Lipinski definition) is 3. The maximum Gasteiger partial charge on any atom is 0.272 e. The van der Waals surface area contributed by atoms with E-state index in [0.717, 1.165) is 18.5 Å². The minimum Gasteiger partial charge on any atom is -0.472 e. The molecule has 0 aromatic carbocycles. The highest BCUT2D eigenvalue weighted by atomic mass is 19.3. The van der Waals surface area contributed by atoms with E-state index in [9.17, 15) is 8.78 Å². The Bertz CT molecular complexity index is 455. The number of rotatable bonds is 10. The van der Waals surface area contributed by atoms with Crippen LogP contribution >= 0.6 is 0 Å². The quantitative estimate of drug-likeness (QED) is 0.396. The van der Waals surface area contributed by atoms with E-state index >= 15 is 0 Å². The van der Waals surface area contributed by atoms with Crippen molar-refractivity contribution in [2.45, 2.75) is 45.6 Å². The molecule has 1 rings (SSSR count). The van der Waals surface area contributed by atoms with Gasteiger partial charge in [0.2, 0.25) is 5.88 Å². The molecule has 0 atom stereocenters. The smallest absolute Gasteiger partial charge is 0.272 e. The predicted octanol–water partition coefficient (Wildman–Crippen LogP) is 2.71. The van der Waals surface area contributed by atoms with E-state index in [0.29, 0.717) is 12.5 Å². The van der Waals surface area contributed by atoms with Crippen LogP contribution in [0.1, 0.15) is 38.2 Å². The van der Waals surface area contributed by atoms with Crippen LogP contribution in [0.15, 0.2) is 23.3 Å². The van der Waals surface area contributed by atoms with E-state index in [-0.39, 0.29) is 5.88 Å². The first-order valence-corrected chi connectivity index (χ1v) is 7.51. The van der Waals surface area contributed by atoms with Crippen molar-refractivity contribution in [2.75, 3.05) is 13.2 Å². The molecule has 0 amide bonds. The van der Waals surface area contributed by atoms with E-state index in [1.807, 2.05) is 0 Å². The Labute approximate surface area is 130 Å². The van der Waals surface area contributed by atoms with E-state index in [4.69, 9.17) is 10.5 Å². The van der Waals surface area contributed by atoms with Crippen molar-refractivity contribution < 1.29 is 13.5 Å². The number of ether oxygens (including phenoxy) is 1. The van der Waals surface area contributed by atoms with Crippen LogP contribution in [0.5, 0.6) is 5.88 Å². The van der Waals surface area contributed by atoms with Gasteiger partial charge in [-0.2, -0.15) is 0 Å². The molecule has 124 valence electrons. The fraction of sp³-hybridized carbons (Fsp3) is 0.600. The monoisotopic (exact) mass is 314 g/mol. The molecule has 7 heteroatoms. The summed E-state index contributed by atoms with van der Waals surface area (Å²) in [5, 5.41) is 3.05. The molecule has 1 aromatic rings. The summed E-state index contributed by atoms with van der Waals surface area (Å²) in [6.07, 6.45) is 3.63. The number of unbranched alkanes of at least 4 members (excludes halogenated alkanes) is 3. The summed E-state index contributed by atoms with van der Waals surface area (Å²) >= 11 is 0. The first-order chi connectivity index (χ1) is 10.6. The Morgan fingerprint density at radius 3 is 2.95 bits per heavy atom. The minimum absolute atomic E-state index is 0.166. The summed E-state index contributed by atoms with van der Waals surface area (Å²) in [6, 6.07) is 3.33. The summed E-state index contributed by atoms with van der Waals surface area (Å²) < 4.78 is 29.0. The van der Waals surface area contributed by atoms with Crippen molar-refractivity contribution in [3.05, 3.63) is 23.9 Å². The summed E-state index contributed by atoms with van der Waals surface area (Å²) in [4.78, 5) is 8.07. The highest BCUT2D eigenvalue weighted by Crippen LogP contribution is 2.11. The molecule has 0 unspecified atom stereocenters. The van der Waals surface area contributed by atoms with Gasteiger partial charge in [-0.3, -0.25) is 0 Å². The Kier molecular flexibility index (Phi) is 8.86. The summed E-state index contributed by atoms with van der Waals surface area (Å²) in [5.41, 5.74) is 6.57. The van der Waals surface area contributed by atoms with Crippen LogP contribution in [0.3, 0.4) is 0 Å². The Morgan fingerprint density at radius 2 is 2.23 bits per heavy atom. The lowest BCUT2D eigenvalue weighted by molar-refractivity contribution is 0.0795. The average Bonchev–Trinajstić information content (AvgIpc) is 2.51. The molecule has 0 aliphatic heterocycles. The summed E-state index contributed by atoms with van der Waals surface area (Å²) in [7, 11) is 0. The molecule has 0 spiro atoms. The Hall–Kier alpha value is -1.92. The molecule has 0 aliphatic rings. The number of aliphatic imine (C=N–C) groups is 1. The summed E-state index contributed by atoms with van der Waals surface area (Å²) in [5.74, 6) is 0.544. The largest absolute Gasteiger partial charge is 0.472 e. The molecule has 0 aliphatic carbocycles.